The summed E-state index contributed by atoms with van der Waals surface area (Å²) < 4.78 is 0. The fourth-order valence-corrected chi connectivity index (χ4v) is 5.31. The van der Waals surface area contributed by atoms with Gasteiger partial charge in [-0.1, -0.05) is 36.4 Å². The van der Waals surface area contributed by atoms with Crippen LogP contribution in [0.4, 0.5) is 0 Å². The van der Waals surface area contributed by atoms with Crippen LogP contribution in [-0.2, 0) is 20.8 Å². The quantitative estimate of drug-likeness (QED) is 0.391. The van der Waals surface area contributed by atoms with Crippen molar-refractivity contribution in [1.29, 1.82) is 0 Å². The van der Waals surface area contributed by atoms with Gasteiger partial charge in [-0.15, -0.1) is 18.3 Å². The van der Waals surface area contributed by atoms with E-state index >= 15 is 0 Å². The van der Waals surface area contributed by atoms with E-state index in [1.54, 1.807) is 17.8 Å². The number of carbonyl (C=O) groups excluding carboxylic acids is 2. The number of carboxylic acids is 1. The zero-order chi connectivity index (χ0) is 19.4. The van der Waals surface area contributed by atoms with Crippen molar-refractivity contribution in [3.63, 3.8) is 0 Å². The Morgan fingerprint density at radius 3 is 2.78 bits per heavy atom. The van der Waals surface area contributed by atoms with E-state index in [0.717, 1.165) is 16.9 Å². The molecule has 1 aromatic carbocycles. The molecule has 1 saturated heterocycles. The second-order valence-electron chi connectivity index (χ2n) is 6.18. The van der Waals surface area contributed by atoms with Crippen LogP contribution in [0.3, 0.4) is 0 Å². The van der Waals surface area contributed by atoms with Gasteiger partial charge in [0.1, 0.15) is 17.1 Å². The first kappa shape index (κ1) is 19.6. The average molecular weight is 405 g/mol. The smallest absolute Gasteiger partial charge is 0.352 e. The van der Waals surface area contributed by atoms with Gasteiger partial charge < -0.3 is 10.4 Å². The maximum absolute atomic E-state index is 12.6. The van der Waals surface area contributed by atoms with E-state index in [2.05, 4.69) is 11.9 Å². The summed E-state index contributed by atoms with van der Waals surface area (Å²) in [5, 5.41) is 12.0. The number of aliphatic carboxylic acids is 1. The molecule has 0 bridgehead atoms. The molecule has 0 aromatic heterocycles. The molecule has 0 spiro atoms. The Hall–Kier alpha value is -2.19. The first-order valence-corrected chi connectivity index (χ1v) is 10.6. The van der Waals surface area contributed by atoms with Gasteiger partial charge in [-0.25, -0.2) is 4.79 Å². The Kier molecular flexibility index (Phi) is 6.28. The second-order valence-corrected chi connectivity index (χ2v) is 8.31. The fraction of sp³-hybridized carbons (Fsp3) is 0.316. The summed E-state index contributed by atoms with van der Waals surface area (Å²) in [5.41, 5.74) is 1.66. The number of nitrogens with zero attached hydrogens (tertiary/aromatic N) is 1. The SMILES string of the molecule is C=CCSCC1=C(C(=O)O)N2C(=O)C(NC(=O)Cc3ccccc3)[C@@H]2SC1. The van der Waals surface area contributed by atoms with Crippen molar-refractivity contribution in [1.82, 2.24) is 10.2 Å². The van der Waals surface area contributed by atoms with E-state index in [4.69, 9.17) is 0 Å². The third kappa shape index (κ3) is 4.22. The molecule has 2 heterocycles. The Labute approximate surface area is 166 Å². The minimum Gasteiger partial charge on any atom is -0.477 e. The Bertz CT molecular complexity index is 794. The van der Waals surface area contributed by atoms with Crippen LogP contribution in [0.1, 0.15) is 5.56 Å². The highest BCUT2D eigenvalue weighted by molar-refractivity contribution is 8.01. The van der Waals surface area contributed by atoms with Crippen LogP contribution in [0.2, 0.25) is 0 Å². The lowest BCUT2D eigenvalue weighted by atomic mass is 10.0. The highest BCUT2D eigenvalue weighted by Crippen LogP contribution is 2.41. The molecular weight excluding hydrogens is 384 g/mol. The molecule has 2 aliphatic heterocycles. The van der Waals surface area contributed by atoms with Crippen molar-refractivity contribution in [2.45, 2.75) is 17.8 Å². The molecule has 1 fully saturated rings. The summed E-state index contributed by atoms with van der Waals surface area (Å²) in [5.74, 6) is 0.0894. The molecule has 1 unspecified atom stereocenters. The van der Waals surface area contributed by atoms with Crippen molar-refractivity contribution in [2.24, 2.45) is 0 Å². The molecule has 0 aliphatic carbocycles. The molecule has 2 N–H and O–H groups in total. The number of thioether (sulfide) groups is 2. The number of fused-ring (bicyclic) bond motifs is 1. The fourth-order valence-electron chi connectivity index (χ4n) is 3.07. The van der Waals surface area contributed by atoms with Crippen LogP contribution in [0.25, 0.3) is 0 Å². The maximum atomic E-state index is 12.6. The van der Waals surface area contributed by atoms with E-state index in [1.165, 1.54) is 16.7 Å². The number of benzene rings is 1. The van der Waals surface area contributed by atoms with Gasteiger partial charge in [0.15, 0.2) is 0 Å². The predicted molar refractivity (Wildman–Crippen MR) is 107 cm³/mol. The average Bonchev–Trinajstić information content (AvgIpc) is 2.66. The van der Waals surface area contributed by atoms with E-state index in [9.17, 15) is 19.5 Å². The van der Waals surface area contributed by atoms with E-state index in [-0.39, 0.29) is 29.3 Å². The lowest BCUT2D eigenvalue weighted by molar-refractivity contribution is -0.150. The number of nitrogens with one attached hydrogen (secondary N) is 1. The molecule has 8 heteroatoms. The van der Waals surface area contributed by atoms with Crippen molar-refractivity contribution >= 4 is 41.3 Å². The van der Waals surface area contributed by atoms with Crippen LogP contribution < -0.4 is 5.32 Å². The van der Waals surface area contributed by atoms with Crippen LogP contribution >= 0.6 is 23.5 Å². The third-order valence-corrected chi connectivity index (χ3v) is 6.65. The van der Waals surface area contributed by atoms with Crippen molar-refractivity contribution < 1.29 is 19.5 Å². The molecule has 142 valence electrons. The standard InChI is InChI=1S/C19H20N2O4S2/c1-2-8-26-10-13-11-27-18-15(17(23)21(18)16(13)19(24)25)20-14(22)9-12-6-4-3-5-7-12/h2-7,15,18H,1,8-11H2,(H,20,22)(H,24,25)/t15?,18-/m0/s1. The number of β-lactam (4-membered cyclic amide) rings is 1. The molecule has 27 heavy (non-hydrogen) atoms. The van der Waals surface area contributed by atoms with Crippen molar-refractivity contribution in [2.75, 3.05) is 17.3 Å². The molecule has 2 amide bonds. The van der Waals surface area contributed by atoms with Crippen LogP contribution in [0, 0.1) is 0 Å². The van der Waals surface area contributed by atoms with Gasteiger partial charge in [0.25, 0.3) is 5.91 Å². The van der Waals surface area contributed by atoms with E-state index in [0.29, 0.717) is 11.5 Å². The second kappa shape index (κ2) is 8.67. The van der Waals surface area contributed by atoms with Gasteiger partial charge >= 0.3 is 5.97 Å². The Morgan fingerprint density at radius 1 is 1.37 bits per heavy atom. The van der Waals surface area contributed by atoms with Crippen LogP contribution in [0.5, 0.6) is 0 Å². The minimum atomic E-state index is -1.10. The van der Waals surface area contributed by atoms with E-state index < -0.39 is 12.0 Å². The highest BCUT2D eigenvalue weighted by atomic mass is 32.2. The summed E-state index contributed by atoms with van der Waals surface area (Å²) in [7, 11) is 0. The number of rotatable bonds is 8. The van der Waals surface area contributed by atoms with Gasteiger partial charge in [-0.3, -0.25) is 14.5 Å². The molecule has 1 aromatic rings. The third-order valence-electron chi connectivity index (χ3n) is 4.29. The summed E-state index contributed by atoms with van der Waals surface area (Å²) in [6.45, 7) is 3.65. The van der Waals surface area contributed by atoms with Gasteiger partial charge in [-0.05, 0) is 11.1 Å². The molecule has 0 radical (unpaired) electrons. The first-order valence-electron chi connectivity index (χ1n) is 8.45. The van der Waals surface area contributed by atoms with Gasteiger partial charge in [0, 0.05) is 17.3 Å². The van der Waals surface area contributed by atoms with Crippen molar-refractivity contribution in [3.8, 4) is 0 Å². The molecule has 2 atom stereocenters. The Morgan fingerprint density at radius 2 is 2.11 bits per heavy atom. The monoisotopic (exact) mass is 404 g/mol. The maximum Gasteiger partial charge on any atom is 0.352 e. The summed E-state index contributed by atoms with van der Waals surface area (Å²) >= 11 is 3.05. The molecule has 0 saturated carbocycles. The number of carboxylic acid groups (broad SMARTS) is 1. The van der Waals surface area contributed by atoms with Gasteiger partial charge in [0.2, 0.25) is 5.91 Å². The number of hydrogen-bond acceptors (Lipinski definition) is 5. The van der Waals surface area contributed by atoms with Gasteiger partial charge in [-0.2, -0.15) is 11.8 Å². The van der Waals surface area contributed by atoms with Crippen molar-refractivity contribution in [3.05, 3.63) is 59.8 Å². The zero-order valence-electron chi connectivity index (χ0n) is 14.6. The topological polar surface area (TPSA) is 86.7 Å². The molecule has 3 rings (SSSR count). The lowest BCUT2D eigenvalue weighted by Gasteiger charge is -2.49. The largest absolute Gasteiger partial charge is 0.477 e. The van der Waals surface area contributed by atoms with Crippen LogP contribution in [-0.4, -0.2) is 56.5 Å². The summed E-state index contributed by atoms with van der Waals surface area (Å²) in [6.07, 6.45) is 1.95. The minimum absolute atomic E-state index is 0.0638. The summed E-state index contributed by atoms with van der Waals surface area (Å²) in [6, 6.07) is 8.60. The molecular formula is C19H20N2O4S2. The molecule has 2 aliphatic rings. The number of carbonyl (C=O) groups is 3. The number of hydrogen-bond donors (Lipinski definition) is 2. The highest BCUT2D eigenvalue weighted by Gasteiger charge is 2.54. The molecule has 6 nitrogen and oxygen atoms in total. The first-order chi connectivity index (χ1) is 13.0. The van der Waals surface area contributed by atoms with E-state index in [1.807, 2.05) is 30.3 Å². The normalized spacial score (nSPS) is 21.3. The van der Waals surface area contributed by atoms with Gasteiger partial charge in [0.05, 0.1) is 6.42 Å². The Balaban J connectivity index is 1.67. The predicted octanol–water partition coefficient (Wildman–Crippen LogP) is 1.89. The zero-order valence-corrected chi connectivity index (χ0v) is 16.2. The van der Waals surface area contributed by atoms with Crippen LogP contribution in [0.15, 0.2) is 54.3 Å². The summed E-state index contributed by atoms with van der Waals surface area (Å²) in [4.78, 5) is 37.8. The number of amides is 2. The lowest BCUT2D eigenvalue weighted by Crippen LogP contribution is -2.70.